The molecule has 2 aromatic carbocycles. The fraction of sp³-hybridized carbons (Fsp3) is 0.304. The largest absolute Gasteiger partial charge is 0.388 e. The lowest BCUT2D eigenvalue weighted by molar-refractivity contribution is -0.137. The maximum atomic E-state index is 14.1. The fourth-order valence-electron chi connectivity index (χ4n) is 3.75. The van der Waals surface area contributed by atoms with Gasteiger partial charge in [0.25, 0.3) is 5.91 Å². The Kier molecular flexibility index (Phi) is 6.69. The van der Waals surface area contributed by atoms with Gasteiger partial charge >= 0.3 is 0 Å². The van der Waals surface area contributed by atoms with E-state index in [0.29, 0.717) is 10.9 Å². The van der Waals surface area contributed by atoms with Gasteiger partial charge in [-0.3, -0.25) is 19.1 Å². The summed E-state index contributed by atoms with van der Waals surface area (Å²) < 4.78 is 15.5. The van der Waals surface area contributed by atoms with Gasteiger partial charge in [0.05, 0.1) is 17.1 Å². The van der Waals surface area contributed by atoms with Crippen LogP contribution < -0.4 is 16.4 Å². The number of nitrogens with two attached hydrogens (primary N) is 1. The van der Waals surface area contributed by atoms with E-state index in [1.54, 1.807) is 31.3 Å². The molecule has 3 aromatic rings. The molecule has 1 aliphatic carbocycles. The Balaban J connectivity index is 1.47. The Bertz CT molecular complexity index is 1270. The number of anilines is 1. The molecule has 0 radical (unpaired) electrons. The molecule has 1 aromatic heterocycles. The molecule has 0 atom stereocenters. The number of primary amides is 1. The van der Waals surface area contributed by atoms with Crippen molar-refractivity contribution in [3.05, 3.63) is 58.5 Å². The first-order valence-electron chi connectivity index (χ1n) is 10.8. The Morgan fingerprint density at radius 2 is 2.03 bits per heavy atom. The second kappa shape index (κ2) is 9.68. The average Bonchev–Trinajstić information content (AvgIpc) is 3.59. The van der Waals surface area contributed by atoms with E-state index in [0.717, 1.165) is 18.5 Å². The Labute approximate surface area is 200 Å². The zero-order valence-electron chi connectivity index (χ0n) is 18.5. The SMILES string of the molecule is CNc1ccc2c(c1)c(C(N)=O)nn2CC(=O)N(CC(=O)NCc1cccc(Cl)c1F)C1CC1. The third-order valence-corrected chi connectivity index (χ3v) is 5.98. The third-order valence-electron chi connectivity index (χ3n) is 5.69. The number of hydrogen-bond acceptors (Lipinski definition) is 5. The Morgan fingerprint density at radius 1 is 1.26 bits per heavy atom. The van der Waals surface area contributed by atoms with E-state index in [1.165, 1.54) is 21.7 Å². The molecule has 9 nitrogen and oxygen atoms in total. The van der Waals surface area contributed by atoms with Crippen LogP contribution in [-0.4, -0.2) is 52.0 Å². The van der Waals surface area contributed by atoms with Crippen molar-refractivity contribution >= 4 is 45.9 Å². The van der Waals surface area contributed by atoms with Crippen molar-refractivity contribution in [1.82, 2.24) is 20.0 Å². The molecule has 0 aliphatic heterocycles. The summed E-state index contributed by atoms with van der Waals surface area (Å²) in [5.74, 6) is -2.01. The van der Waals surface area contributed by atoms with Gasteiger partial charge < -0.3 is 21.3 Å². The average molecular weight is 487 g/mol. The van der Waals surface area contributed by atoms with Crippen LogP contribution in [-0.2, 0) is 22.7 Å². The minimum absolute atomic E-state index is 0.0230. The van der Waals surface area contributed by atoms with Crippen molar-refractivity contribution in [3.8, 4) is 0 Å². The highest BCUT2D eigenvalue weighted by atomic mass is 35.5. The van der Waals surface area contributed by atoms with Crippen molar-refractivity contribution in [2.75, 3.05) is 18.9 Å². The van der Waals surface area contributed by atoms with Gasteiger partial charge in [-0.2, -0.15) is 5.10 Å². The number of carbonyl (C=O) groups excluding carboxylic acids is 3. The van der Waals surface area contributed by atoms with E-state index < -0.39 is 17.6 Å². The summed E-state index contributed by atoms with van der Waals surface area (Å²) in [6, 6.07) is 9.81. The first kappa shape index (κ1) is 23.5. The van der Waals surface area contributed by atoms with Gasteiger partial charge in [-0.05, 0) is 37.1 Å². The van der Waals surface area contributed by atoms with Crippen LogP contribution in [0.15, 0.2) is 36.4 Å². The molecule has 11 heteroatoms. The summed E-state index contributed by atoms with van der Waals surface area (Å²) in [4.78, 5) is 39.0. The normalized spacial score (nSPS) is 13.0. The smallest absolute Gasteiger partial charge is 0.269 e. The highest BCUT2D eigenvalue weighted by molar-refractivity contribution is 6.30. The summed E-state index contributed by atoms with van der Waals surface area (Å²) in [5, 5.41) is 10.4. The third kappa shape index (κ3) is 4.96. The first-order valence-corrected chi connectivity index (χ1v) is 11.1. The molecule has 1 aliphatic rings. The van der Waals surface area contributed by atoms with Crippen LogP contribution >= 0.6 is 11.6 Å². The molecule has 0 unspecified atom stereocenters. The maximum Gasteiger partial charge on any atom is 0.269 e. The summed E-state index contributed by atoms with van der Waals surface area (Å²) in [5.41, 5.74) is 7.16. The number of carbonyl (C=O) groups is 3. The first-order chi connectivity index (χ1) is 16.3. The molecule has 4 N–H and O–H groups in total. The van der Waals surface area contributed by atoms with Crippen molar-refractivity contribution < 1.29 is 18.8 Å². The lowest BCUT2D eigenvalue weighted by atomic mass is 10.2. The summed E-state index contributed by atoms with van der Waals surface area (Å²) in [6.07, 6.45) is 1.58. The molecule has 0 saturated heterocycles. The van der Waals surface area contributed by atoms with E-state index in [4.69, 9.17) is 17.3 Å². The van der Waals surface area contributed by atoms with Crippen LogP contribution in [0.4, 0.5) is 10.1 Å². The van der Waals surface area contributed by atoms with Gasteiger partial charge in [-0.15, -0.1) is 0 Å². The molecule has 178 valence electrons. The highest BCUT2D eigenvalue weighted by Gasteiger charge is 2.34. The van der Waals surface area contributed by atoms with Gasteiger partial charge in [-0.1, -0.05) is 23.7 Å². The summed E-state index contributed by atoms with van der Waals surface area (Å²) >= 11 is 5.78. The Hall–Kier alpha value is -3.66. The lowest BCUT2D eigenvalue weighted by Gasteiger charge is -2.22. The molecule has 3 amide bonds. The van der Waals surface area contributed by atoms with Crippen molar-refractivity contribution in [2.24, 2.45) is 5.73 Å². The zero-order chi connectivity index (χ0) is 24.4. The molecule has 34 heavy (non-hydrogen) atoms. The second-order valence-corrected chi connectivity index (χ2v) is 8.50. The van der Waals surface area contributed by atoms with Crippen molar-refractivity contribution in [2.45, 2.75) is 32.0 Å². The summed E-state index contributed by atoms with van der Waals surface area (Å²) in [7, 11) is 1.75. The number of nitrogens with zero attached hydrogens (tertiary/aromatic N) is 3. The number of halogens is 2. The number of hydrogen-bond donors (Lipinski definition) is 3. The van der Waals surface area contributed by atoms with Gasteiger partial charge in [-0.25, -0.2) is 4.39 Å². The predicted molar refractivity (Wildman–Crippen MR) is 126 cm³/mol. The number of benzene rings is 2. The Morgan fingerprint density at radius 3 is 2.71 bits per heavy atom. The van der Waals surface area contributed by atoms with Crippen molar-refractivity contribution in [1.29, 1.82) is 0 Å². The zero-order valence-corrected chi connectivity index (χ0v) is 19.2. The molecule has 1 fully saturated rings. The topological polar surface area (TPSA) is 122 Å². The van der Waals surface area contributed by atoms with E-state index >= 15 is 0 Å². The number of amides is 3. The monoisotopic (exact) mass is 486 g/mol. The standard InChI is InChI=1S/C23H24ClFN6O3/c1-27-14-5-8-18-16(9-14)22(23(26)34)29-31(18)12-20(33)30(15-6-7-15)11-19(32)28-10-13-3-2-4-17(24)21(13)25/h2-5,8-9,15,27H,6-7,10-12H2,1H3,(H2,26,34)(H,28,32). The number of fused-ring (bicyclic) bond motifs is 1. The summed E-state index contributed by atoms with van der Waals surface area (Å²) in [6.45, 7) is -0.371. The minimum Gasteiger partial charge on any atom is -0.388 e. The minimum atomic E-state index is -0.698. The number of aromatic nitrogens is 2. The quantitative estimate of drug-likeness (QED) is 0.428. The van der Waals surface area contributed by atoms with E-state index in [9.17, 15) is 18.8 Å². The lowest BCUT2D eigenvalue weighted by Crippen LogP contribution is -2.43. The molecule has 4 rings (SSSR count). The van der Waals surface area contributed by atoms with Gasteiger partial charge in [0.1, 0.15) is 12.4 Å². The molecular formula is C23H24ClFN6O3. The van der Waals surface area contributed by atoms with E-state index in [-0.39, 0.29) is 47.9 Å². The highest BCUT2D eigenvalue weighted by Crippen LogP contribution is 2.28. The molecular weight excluding hydrogens is 463 g/mol. The van der Waals surface area contributed by atoms with E-state index in [1.807, 2.05) is 0 Å². The van der Waals surface area contributed by atoms with Gasteiger partial charge in [0.15, 0.2) is 5.69 Å². The molecule has 0 bridgehead atoms. The molecule has 1 saturated carbocycles. The fourth-order valence-corrected chi connectivity index (χ4v) is 3.95. The maximum absolute atomic E-state index is 14.1. The van der Waals surface area contributed by atoms with Gasteiger partial charge in [0, 0.05) is 36.3 Å². The van der Waals surface area contributed by atoms with Crippen molar-refractivity contribution in [3.63, 3.8) is 0 Å². The number of nitrogens with one attached hydrogen (secondary N) is 2. The molecule has 1 heterocycles. The van der Waals surface area contributed by atoms with E-state index in [2.05, 4.69) is 15.7 Å². The van der Waals surface area contributed by atoms with Gasteiger partial charge in [0.2, 0.25) is 11.8 Å². The van der Waals surface area contributed by atoms with Crippen LogP contribution in [0.5, 0.6) is 0 Å². The predicted octanol–water partition coefficient (Wildman–Crippen LogP) is 2.28. The molecule has 0 spiro atoms. The van der Waals surface area contributed by atoms with Crippen LogP contribution in [0.25, 0.3) is 10.9 Å². The van der Waals surface area contributed by atoms with Crippen LogP contribution in [0, 0.1) is 5.82 Å². The second-order valence-electron chi connectivity index (χ2n) is 8.09. The van der Waals surface area contributed by atoms with Crippen LogP contribution in [0.1, 0.15) is 28.9 Å². The number of rotatable bonds is 9. The van der Waals surface area contributed by atoms with Crippen LogP contribution in [0.3, 0.4) is 0 Å². The van der Waals surface area contributed by atoms with Crippen LogP contribution in [0.2, 0.25) is 5.02 Å².